The molecular weight excluding hydrogens is 264 g/mol. The Balaban J connectivity index is 3.64. The van der Waals surface area contributed by atoms with Gasteiger partial charge in [-0.15, -0.1) is 0 Å². The molecule has 0 saturated heterocycles. The van der Waals surface area contributed by atoms with Gasteiger partial charge < -0.3 is 5.11 Å². The molecule has 1 rings (SSSR count). The molecule has 0 saturated carbocycles. The Morgan fingerprint density at radius 1 is 1.00 bits per heavy atom. The molecule has 0 heterocycles. The number of nitriles is 1. The minimum absolute atomic E-state index is 0.181. The Kier molecular flexibility index (Phi) is 3.57. The lowest BCUT2D eigenvalue weighted by Gasteiger charge is -2.16. The largest absolute Gasteiger partial charge is 0.417 e. The number of aliphatic hydroxyl groups is 1. The summed E-state index contributed by atoms with van der Waals surface area (Å²) in [5.41, 5.74) is -5.23. The number of benzene rings is 1. The lowest BCUT2D eigenvalue weighted by Crippen LogP contribution is -2.16. The molecule has 2 nitrogen and oxygen atoms in total. The molecule has 0 aliphatic rings. The van der Waals surface area contributed by atoms with Crippen LogP contribution >= 0.6 is 0 Å². The van der Waals surface area contributed by atoms with Gasteiger partial charge in [0.2, 0.25) is 0 Å². The standard InChI is InChI=1S/C10H5F6NO/c11-9(12,13)7-1-2-8(10(14,15)16)6(4-18)5(7)3-17/h1-2,18H,4H2. The number of nitrogens with zero attached hydrogens (tertiary/aromatic N) is 1. The number of aliphatic hydroxyl groups excluding tert-OH is 1. The highest BCUT2D eigenvalue weighted by Crippen LogP contribution is 2.39. The van der Waals surface area contributed by atoms with E-state index in [2.05, 4.69) is 0 Å². The van der Waals surface area contributed by atoms with Gasteiger partial charge in [-0.05, 0) is 12.1 Å². The molecule has 18 heavy (non-hydrogen) atoms. The second-order valence-electron chi connectivity index (χ2n) is 3.28. The number of alkyl halides is 6. The second-order valence-corrected chi connectivity index (χ2v) is 3.28. The predicted octanol–water partition coefficient (Wildman–Crippen LogP) is 3.09. The first-order valence-electron chi connectivity index (χ1n) is 4.44. The summed E-state index contributed by atoms with van der Waals surface area (Å²) in [5.74, 6) is 0. The molecule has 0 bridgehead atoms. The van der Waals surface area contributed by atoms with E-state index in [0.29, 0.717) is 0 Å². The van der Waals surface area contributed by atoms with E-state index in [0.717, 1.165) is 6.07 Å². The third-order valence-corrected chi connectivity index (χ3v) is 2.19. The van der Waals surface area contributed by atoms with Gasteiger partial charge >= 0.3 is 12.4 Å². The Hall–Kier alpha value is -1.75. The Morgan fingerprint density at radius 3 is 1.78 bits per heavy atom. The molecule has 0 unspecified atom stereocenters. The van der Waals surface area contributed by atoms with Gasteiger partial charge in [-0.1, -0.05) is 0 Å². The second kappa shape index (κ2) is 4.49. The predicted molar refractivity (Wildman–Crippen MR) is 47.1 cm³/mol. The number of rotatable bonds is 1. The summed E-state index contributed by atoms with van der Waals surface area (Å²) in [5, 5.41) is 17.3. The SMILES string of the molecule is N#Cc1c(C(F)(F)F)ccc(C(F)(F)F)c1CO. The van der Waals surface area contributed by atoms with Crippen LogP contribution in [0.15, 0.2) is 12.1 Å². The molecule has 0 spiro atoms. The van der Waals surface area contributed by atoms with Crippen molar-refractivity contribution in [3.63, 3.8) is 0 Å². The summed E-state index contributed by atoms with van der Waals surface area (Å²) in [7, 11) is 0. The fraction of sp³-hybridized carbons (Fsp3) is 0.300. The van der Waals surface area contributed by atoms with Gasteiger partial charge in [0.1, 0.15) is 6.07 Å². The van der Waals surface area contributed by atoms with E-state index >= 15 is 0 Å². The van der Waals surface area contributed by atoms with Crippen LogP contribution in [0.3, 0.4) is 0 Å². The van der Waals surface area contributed by atoms with E-state index in [1.165, 1.54) is 0 Å². The maximum absolute atomic E-state index is 12.5. The van der Waals surface area contributed by atoms with Crippen LogP contribution in [0.1, 0.15) is 22.3 Å². The molecule has 0 radical (unpaired) electrons. The van der Waals surface area contributed by atoms with Crippen LogP contribution in [0.2, 0.25) is 0 Å². The number of halogens is 6. The van der Waals surface area contributed by atoms with Crippen LogP contribution in [0.4, 0.5) is 26.3 Å². The molecule has 0 atom stereocenters. The zero-order valence-corrected chi connectivity index (χ0v) is 8.52. The van der Waals surface area contributed by atoms with Crippen LogP contribution in [0.25, 0.3) is 0 Å². The van der Waals surface area contributed by atoms with Crippen LogP contribution in [-0.2, 0) is 19.0 Å². The molecule has 98 valence electrons. The van der Waals surface area contributed by atoms with Crippen LogP contribution in [-0.4, -0.2) is 5.11 Å². The van der Waals surface area contributed by atoms with E-state index in [1.807, 2.05) is 0 Å². The molecule has 8 heteroatoms. The normalized spacial score (nSPS) is 12.3. The first-order chi connectivity index (χ1) is 8.12. The van der Waals surface area contributed by atoms with Gasteiger partial charge in [-0.25, -0.2) is 0 Å². The first-order valence-corrected chi connectivity index (χ1v) is 4.44. The monoisotopic (exact) mass is 269 g/mol. The van der Waals surface area contributed by atoms with Gasteiger partial charge in [-0.3, -0.25) is 0 Å². The van der Waals surface area contributed by atoms with Crippen molar-refractivity contribution in [1.82, 2.24) is 0 Å². The van der Waals surface area contributed by atoms with Crippen molar-refractivity contribution in [2.24, 2.45) is 0 Å². The van der Waals surface area contributed by atoms with Crippen molar-refractivity contribution in [2.45, 2.75) is 19.0 Å². The van der Waals surface area contributed by atoms with Crippen molar-refractivity contribution in [2.75, 3.05) is 0 Å². The van der Waals surface area contributed by atoms with Gasteiger partial charge in [0.05, 0.1) is 23.3 Å². The summed E-state index contributed by atoms with van der Waals surface area (Å²) in [6.07, 6.45) is -9.90. The minimum atomic E-state index is -4.96. The summed E-state index contributed by atoms with van der Waals surface area (Å²) in [6.45, 7) is -1.30. The van der Waals surface area contributed by atoms with Crippen molar-refractivity contribution in [3.05, 3.63) is 34.4 Å². The fourth-order valence-electron chi connectivity index (χ4n) is 1.44. The van der Waals surface area contributed by atoms with Crippen LogP contribution in [0.5, 0.6) is 0 Å². The van der Waals surface area contributed by atoms with Crippen molar-refractivity contribution in [1.29, 1.82) is 5.26 Å². The molecule has 1 N–H and O–H groups in total. The molecule has 0 aliphatic carbocycles. The van der Waals surface area contributed by atoms with Crippen molar-refractivity contribution < 1.29 is 31.4 Å². The third kappa shape index (κ3) is 2.56. The van der Waals surface area contributed by atoms with E-state index in [1.54, 1.807) is 0 Å². The topological polar surface area (TPSA) is 44.0 Å². The molecule has 0 aliphatic heterocycles. The zero-order valence-electron chi connectivity index (χ0n) is 8.52. The average Bonchev–Trinajstić information content (AvgIpc) is 2.24. The molecule has 0 aromatic heterocycles. The van der Waals surface area contributed by atoms with Crippen molar-refractivity contribution >= 4 is 0 Å². The Labute approximate surface area is 97.1 Å². The highest BCUT2D eigenvalue weighted by atomic mass is 19.4. The summed E-state index contributed by atoms with van der Waals surface area (Å²) >= 11 is 0. The quantitative estimate of drug-likeness (QED) is 0.796. The third-order valence-electron chi connectivity index (χ3n) is 2.19. The first kappa shape index (κ1) is 14.3. The van der Waals surface area contributed by atoms with E-state index < -0.39 is 41.2 Å². The summed E-state index contributed by atoms with van der Waals surface area (Å²) in [4.78, 5) is 0. The molecule has 0 fully saturated rings. The highest BCUT2D eigenvalue weighted by Gasteiger charge is 2.40. The van der Waals surface area contributed by atoms with Crippen molar-refractivity contribution in [3.8, 4) is 6.07 Å². The molecular formula is C10H5F6NO. The lowest BCUT2D eigenvalue weighted by molar-refractivity contribution is -0.142. The van der Waals surface area contributed by atoms with Gasteiger partial charge in [-0.2, -0.15) is 31.6 Å². The Bertz CT molecular complexity index is 497. The fourth-order valence-corrected chi connectivity index (χ4v) is 1.44. The molecule has 0 amide bonds. The van der Waals surface area contributed by atoms with Crippen LogP contribution < -0.4 is 0 Å². The zero-order chi connectivity index (χ0) is 14.1. The maximum Gasteiger partial charge on any atom is 0.417 e. The number of hydrogen-bond donors (Lipinski definition) is 1. The molecule has 1 aromatic rings. The van der Waals surface area contributed by atoms with E-state index in [9.17, 15) is 26.3 Å². The molecule has 1 aromatic carbocycles. The van der Waals surface area contributed by atoms with Gasteiger partial charge in [0.15, 0.2) is 0 Å². The van der Waals surface area contributed by atoms with Gasteiger partial charge in [0, 0.05) is 5.56 Å². The maximum atomic E-state index is 12.5. The minimum Gasteiger partial charge on any atom is -0.392 e. The lowest BCUT2D eigenvalue weighted by atomic mass is 9.96. The van der Waals surface area contributed by atoms with E-state index in [4.69, 9.17) is 10.4 Å². The van der Waals surface area contributed by atoms with Crippen LogP contribution in [0, 0.1) is 11.3 Å². The summed E-state index contributed by atoms with van der Waals surface area (Å²) < 4.78 is 74.8. The smallest absolute Gasteiger partial charge is 0.392 e. The average molecular weight is 269 g/mol. The van der Waals surface area contributed by atoms with Gasteiger partial charge in [0.25, 0.3) is 0 Å². The highest BCUT2D eigenvalue weighted by molar-refractivity contribution is 5.50. The Morgan fingerprint density at radius 2 is 1.44 bits per heavy atom. The van der Waals surface area contributed by atoms with E-state index in [-0.39, 0.29) is 12.1 Å². The summed E-state index contributed by atoms with van der Waals surface area (Å²) in [6, 6.07) is 1.44. The number of hydrogen-bond acceptors (Lipinski definition) is 2.